The predicted octanol–water partition coefficient (Wildman–Crippen LogP) is 3.10. The van der Waals surface area contributed by atoms with Crippen LogP contribution < -0.4 is 15.8 Å². The molecule has 186 valence electrons. The van der Waals surface area contributed by atoms with Crippen LogP contribution in [0.2, 0.25) is 0 Å². The number of amidine groups is 1. The number of aromatic nitrogens is 3. The third-order valence-corrected chi connectivity index (χ3v) is 10.3. The Morgan fingerprint density at radius 1 is 1.36 bits per heavy atom. The smallest absolute Gasteiger partial charge is 0.233 e. The topological polar surface area (TPSA) is 132 Å². The van der Waals surface area contributed by atoms with Crippen molar-refractivity contribution in [2.45, 2.75) is 23.0 Å². The molecule has 0 spiro atoms. The molecule has 3 aromatic rings. The van der Waals surface area contributed by atoms with Gasteiger partial charge >= 0.3 is 0 Å². The van der Waals surface area contributed by atoms with E-state index in [1.807, 2.05) is 0 Å². The number of terminal acetylenes is 1. The van der Waals surface area contributed by atoms with Gasteiger partial charge in [0, 0.05) is 35.7 Å². The molecule has 3 N–H and O–H groups in total. The van der Waals surface area contributed by atoms with Crippen molar-refractivity contribution in [3.63, 3.8) is 0 Å². The zero-order chi connectivity index (χ0) is 25.9. The minimum atomic E-state index is -3.55. The summed E-state index contributed by atoms with van der Waals surface area (Å²) < 4.78 is 59.1. The number of sulfone groups is 1. The molecule has 0 amide bonds. The van der Waals surface area contributed by atoms with E-state index in [9.17, 15) is 12.8 Å². The summed E-state index contributed by atoms with van der Waals surface area (Å²) in [5, 5.41) is 2.96. The van der Waals surface area contributed by atoms with Crippen LogP contribution in [0.4, 0.5) is 20.3 Å². The molecule has 3 atom stereocenters. The number of thioether (sulfide) groups is 1. The number of hydrogen-bond acceptors (Lipinski definition) is 10. The molecule has 0 saturated heterocycles. The minimum absolute atomic E-state index is 0.00342. The van der Waals surface area contributed by atoms with Gasteiger partial charge in [0.15, 0.2) is 39.1 Å². The van der Waals surface area contributed by atoms with Gasteiger partial charge in [-0.05, 0) is 25.5 Å². The highest BCUT2D eigenvalue weighted by molar-refractivity contribution is 8.24. The Hall–Kier alpha value is -3.50. The van der Waals surface area contributed by atoms with Gasteiger partial charge in [0.25, 0.3) is 0 Å². The summed E-state index contributed by atoms with van der Waals surface area (Å²) in [7, 11) is -3.55. The van der Waals surface area contributed by atoms with Crippen LogP contribution >= 0.6 is 11.8 Å². The molecule has 1 saturated carbocycles. The lowest BCUT2D eigenvalue weighted by atomic mass is 9.86. The summed E-state index contributed by atoms with van der Waals surface area (Å²) in [6, 6.07) is 3.97. The number of nitrogens with one attached hydrogen (secondary N) is 1. The number of aliphatic imine (C=N–C) groups is 1. The maximum absolute atomic E-state index is 15.2. The van der Waals surface area contributed by atoms with Crippen LogP contribution in [0.1, 0.15) is 18.9 Å². The lowest BCUT2D eigenvalue weighted by molar-refractivity contribution is 0.355. The van der Waals surface area contributed by atoms with Crippen molar-refractivity contribution in [3.8, 4) is 18.2 Å². The van der Waals surface area contributed by atoms with Crippen molar-refractivity contribution in [3.05, 3.63) is 47.8 Å². The molecule has 2 aliphatic rings. The summed E-state index contributed by atoms with van der Waals surface area (Å²) in [6.07, 6.45) is 9.38. The van der Waals surface area contributed by atoms with E-state index in [-0.39, 0.29) is 41.1 Å². The molecule has 1 fully saturated rings. The second-order valence-corrected chi connectivity index (χ2v) is 12.6. The number of ether oxygens (including phenoxy) is 1. The summed E-state index contributed by atoms with van der Waals surface area (Å²) in [5.74, 6) is -0.0292. The summed E-state index contributed by atoms with van der Waals surface area (Å²) in [6.45, 7) is 1.60. The van der Waals surface area contributed by atoms with Gasteiger partial charge in [-0.1, -0.05) is 17.7 Å². The van der Waals surface area contributed by atoms with Crippen LogP contribution in [0.15, 0.2) is 35.6 Å². The van der Waals surface area contributed by atoms with Crippen molar-refractivity contribution in [1.29, 1.82) is 0 Å². The number of fused-ring (bicyclic) bond motifs is 2. The quantitative estimate of drug-likeness (QED) is 0.461. The van der Waals surface area contributed by atoms with Crippen molar-refractivity contribution in [1.82, 2.24) is 15.0 Å². The molecular weight excluding hydrogens is 510 g/mol. The SMILES string of the molecule is C#CCOc1cnc2c(Nc3cc(F)c(F)c([C@]4(C)N=C(N)S[C@@]5(S(C)(=O)=O)C[C@@H]45)c3)nccc2n1. The molecule has 13 heteroatoms. The van der Waals surface area contributed by atoms with Crippen LogP contribution in [0.25, 0.3) is 11.0 Å². The highest BCUT2D eigenvalue weighted by Gasteiger charge is 2.72. The van der Waals surface area contributed by atoms with Gasteiger partial charge in [-0.2, -0.15) is 0 Å². The number of rotatable bonds is 6. The molecule has 5 rings (SSSR count). The van der Waals surface area contributed by atoms with E-state index in [4.69, 9.17) is 16.9 Å². The first-order valence-electron chi connectivity index (χ1n) is 10.7. The summed E-state index contributed by atoms with van der Waals surface area (Å²) >= 11 is 0.953. The number of halogens is 2. The molecular formula is C23H20F2N6O3S2. The first-order valence-corrected chi connectivity index (χ1v) is 13.4. The maximum atomic E-state index is 15.2. The fourth-order valence-electron chi connectivity index (χ4n) is 4.58. The van der Waals surface area contributed by atoms with Crippen LogP contribution in [-0.4, -0.2) is 45.5 Å². The fraction of sp³-hybridized carbons (Fsp3) is 0.304. The van der Waals surface area contributed by atoms with Crippen molar-refractivity contribution in [2.75, 3.05) is 18.2 Å². The molecule has 1 aromatic carbocycles. The van der Waals surface area contributed by atoms with E-state index in [0.717, 1.165) is 24.1 Å². The second-order valence-electron chi connectivity index (χ2n) is 8.71. The zero-order valence-electron chi connectivity index (χ0n) is 19.1. The lowest BCUT2D eigenvalue weighted by Gasteiger charge is -2.33. The first kappa shape index (κ1) is 24.2. The number of hydrogen-bond donors (Lipinski definition) is 2. The normalized spacial score (nSPS) is 25.0. The number of nitrogens with two attached hydrogens (primary N) is 1. The highest BCUT2D eigenvalue weighted by Crippen LogP contribution is 2.68. The predicted molar refractivity (Wildman–Crippen MR) is 134 cm³/mol. The molecule has 36 heavy (non-hydrogen) atoms. The van der Waals surface area contributed by atoms with Gasteiger partial charge in [-0.25, -0.2) is 32.2 Å². The van der Waals surface area contributed by atoms with E-state index in [0.29, 0.717) is 11.0 Å². The second kappa shape index (κ2) is 8.28. The lowest BCUT2D eigenvalue weighted by Crippen LogP contribution is -2.39. The van der Waals surface area contributed by atoms with E-state index < -0.39 is 37.0 Å². The van der Waals surface area contributed by atoms with Gasteiger partial charge in [0.2, 0.25) is 5.88 Å². The van der Waals surface area contributed by atoms with Gasteiger partial charge < -0.3 is 15.8 Å². The van der Waals surface area contributed by atoms with Crippen LogP contribution in [0.3, 0.4) is 0 Å². The number of pyridine rings is 1. The average molecular weight is 531 g/mol. The number of nitrogens with zero attached hydrogens (tertiary/aromatic N) is 4. The Morgan fingerprint density at radius 3 is 2.86 bits per heavy atom. The molecule has 1 aliphatic carbocycles. The van der Waals surface area contributed by atoms with E-state index in [2.05, 4.69) is 31.2 Å². The van der Waals surface area contributed by atoms with Gasteiger partial charge in [0.1, 0.15) is 9.60 Å². The molecule has 0 radical (unpaired) electrons. The largest absolute Gasteiger partial charge is 0.463 e. The third-order valence-electron chi connectivity index (χ3n) is 6.36. The Labute approximate surface area is 209 Å². The van der Waals surface area contributed by atoms with E-state index in [1.165, 1.54) is 18.5 Å². The van der Waals surface area contributed by atoms with Gasteiger partial charge in [-0.3, -0.25) is 4.99 Å². The molecule has 3 heterocycles. The average Bonchev–Trinajstić information content (AvgIpc) is 3.57. The summed E-state index contributed by atoms with van der Waals surface area (Å²) in [4.78, 5) is 17.3. The Morgan fingerprint density at radius 2 is 2.14 bits per heavy atom. The third kappa shape index (κ3) is 3.81. The van der Waals surface area contributed by atoms with Crippen LogP contribution in [0, 0.1) is 29.9 Å². The first-order chi connectivity index (χ1) is 17.0. The Balaban J connectivity index is 1.55. The standard InChI is InChI=1S/C23H20F2N6O3S2/c1-4-7-34-17-11-28-19-15(30-17)5-6-27-20(19)29-12-8-13(18(25)14(24)9-12)22(2)16-10-23(16,36(3,32)33)35-21(26)31-22/h1,5-6,8-9,11,16H,7,10H2,2-3H3,(H2,26,31)(H,27,29)/t16-,22-,23+/m0/s1. The monoisotopic (exact) mass is 530 g/mol. The zero-order valence-corrected chi connectivity index (χ0v) is 20.8. The van der Waals surface area contributed by atoms with Crippen molar-refractivity contribution < 1.29 is 21.9 Å². The maximum Gasteiger partial charge on any atom is 0.233 e. The molecule has 2 aromatic heterocycles. The Bertz CT molecular complexity index is 1590. The van der Waals surface area contributed by atoms with Crippen molar-refractivity contribution in [2.24, 2.45) is 16.6 Å². The summed E-state index contributed by atoms with van der Waals surface area (Å²) in [5.41, 5.74) is 5.43. The van der Waals surface area contributed by atoms with Crippen LogP contribution in [0.5, 0.6) is 5.88 Å². The minimum Gasteiger partial charge on any atom is -0.463 e. The fourth-order valence-corrected chi connectivity index (χ4v) is 7.87. The molecule has 0 bridgehead atoms. The number of benzene rings is 1. The van der Waals surface area contributed by atoms with E-state index >= 15 is 4.39 Å². The van der Waals surface area contributed by atoms with Crippen molar-refractivity contribution >= 4 is 49.3 Å². The molecule has 0 unspecified atom stereocenters. The van der Waals surface area contributed by atoms with Gasteiger partial charge in [-0.15, -0.1) is 6.42 Å². The van der Waals surface area contributed by atoms with Gasteiger partial charge in [0.05, 0.1) is 17.3 Å². The Kier molecular flexibility index (Phi) is 5.57. The van der Waals surface area contributed by atoms with Crippen LogP contribution in [-0.2, 0) is 15.4 Å². The highest BCUT2D eigenvalue weighted by atomic mass is 32.3. The van der Waals surface area contributed by atoms with E-state index in [1.54, 1.807) is 13.0 Å². The molecule has 1 aliphatic heterocycles. The molecule has 9 nitrogen and oxygen atoms in total. The number of anilines is 2.